The quantitative estimate of drug-likeness (QED) is 0.810. The number of carboxylic acid groups (broad SMARTS) is 1. The Bertz CT molecular complexity index is 675. The van der Waals surface area contributed by atoms with E-state index in [0.29, 0.717) is 21.0 Å². The molecule has 0 fully saturated rings. The van der Waals surface area contributed by atoms with Crippen LogP contribution in [0.1, 0.15) is 19.9 Å². The summed E-state index contributed by atoms with van der Waals surface area (Å²) < 4.78 is 15.5. The van der Waals surface area contributed by atoms with Gasteiger partial charge in [-0.25, -0.2) is 4.39 Å². The summed E-state index contributed by atoms with van der Waals surface area (Å²) in [5, 5.41) is 17.5. The first-order chi connectivity index (χ1) is 9.90. The van der Waals surface area contributed by atoms with Crippen molar-refractivity contribution in [1.82, 2.24) is 14.8 Å². The molecule has 0 amide bonds. The van der Waals surface area contributed by atoms with Crippen molar-refractivity contribution in [2.45, 2.75) is 25.0 Å². The van der Waals surface area contributed by atoms with Gasteiger partial charge in [-0.05, 0) is 48.0 Å². The van der Waals surface area contributed by atoms with Crippen molar-refractivity contribution in [2.24, 2.45) is 0 Å². The number of carboxylic acids is 1. The van der Waals surface area contributed by atoms with Crippen LogP contribution in [0.4, 0.5) is 4.39 Å². The Hall–Kier alpha value is -1.41. The van der Waals surface area contributed by atoms with E-state index in [1.807, 2.05) is 18.4 Å². The smallest absolute Gasteiger partial charge is 0.313 e. The van der Waals surface area contributed by atoms with Crippen molar-refractivity contribution in [2.75, 3.05) is 5.75 Å². The zero-order valence-corrected chi connectivity index (χ0v) is 13.8. The van der Waals surface area contributed by atoms with Crippen LogP contribution in [0.15, 0.2) is 27.8 Å². The number of benzene rings is 1. The lowest BCUT2D eigenvalue weighted by atomic mass is 10.2. The maximum absolute atomic E-state index is 13.3. The number of hydrogen-bond donors (Lipinski definition) is 1. The fourth-order valence-electron chi connectivity index (χ4n) is 1.80. The van der Waals surface area contributed by atoms with E-state index in [1.54, 1.807) is 12.1 Å². The second-order valence-corrected chi connectivity index (χ2v) is 6.38. The third kappa shape index (κ3) is 3.62. The van der Waals surface area contributed by atoms with Crippen LogP contribution >= 0.6 is 27.7 Å². The molecule has 0 aliphatic rings. The molecule has 1 aromatic carbocycles. The standard InChI is InChI=1S/C13H13BrFN3O2S/c1-7(2)18-12(8-3-4-10(15)9(14)5-8)16-17-13(18)21-6-11(19)20/h3-5,7H,6H2,1-2H3,(H,19,20). The number of halogens is 2. The Morgan fingerprint density at radius 1 is 1.48 bits per heavy atom. The van der Waals surface area contributed by atoms with Crippen molar-refractivity contribution in [3.8, 4) is 11.4 Å². The molecule has 5 nitrogen and oxygen atoms in total. The molecule has 112 valence electrons. The van der Waals surface area contributed by atoms with E-state index in [2.05, 4.69) is 26.1 Å². The molecule has 0 atom stereocenters. The molecule has 0 spiro atoms. The van der Waals surface area contributed by atoms with Crippen LogP contribution in [-0.2, 0) is 4.79 Å². The van der Waals surface area contributed by atoms with Crippen LogP contribution in [0.25, 0.3) is 11.4 Å². The molecular formula is C13H13BrFN3O2S. The third-order valence-electron chi connectivity index (χ3n) is 2.68. The van der Waals surface area contributed by atoms with Gasteiger partial charge in [-0.3, -0.25) is 9.36 Å². The molecule has 1 heterocycles. The second kappa shape index (κ2) is 6.57. The maximum atomic E-state index is 13.3. The summed E-state index contributed by atoms with van der Waals surface area (Å²) in [6.45, 7) is 3.91. The Labute approximate surface area is 133 Å². The maximum Gasteiger partial charge on any atom is 0.313 e. The van der Waals surface area contributed by atoms with Crippen LogP contribution in [0, 0.1) is 5.82 Å². The Kier molecular flexibility index (Phi) is 5.00. The Balaban J connectivity index is 2.43. The van der Waals surface area contributed by atoms with Crippen LogP contribution in [0.3, 0.4) is 0 Å². The highest BCUT2D eigenvalue weighted by Crippen LogP contribution is 2.29. The SMILES string of the molecule is CC(C)n1c(SCC(=O)O)nnc1-c1ccc(F)c(Br)c1. The molecule has 0 radical (unpaired) electrons. The Morgan fingerprint density at radius 3 is 2.76 bits per heavy atom. The summed E-state index contributed by atoms with van der Waals surface area (Å²) in [5.41, 5.74) is 0.714. The molecule has 0 aliphatic heterocycles. The molecule has 2 aromatic rings. The molecule has 1 N–H and O–H groups in total. The summed E-state index contributed by atoms with van der Waals surface area (Å²) in [4.78, 5) is 10.7. The average molecular weight is 374 g/mol. The number of thioether (sulfide) groups is 1. The normalized spacial score (nSPS) is 11.1. The minimum Gasteiger partial charge on any atom is -0.481 e. The van der Waals surface area contributed by atoms with Gasteiger partial charge >= 0.3 is 5.97 Å². The highest BCUT2D eigenvalue weighted by atomic mass is 79.9. The fraction of sp³-hybridized carbons (Fsp3) is 0.308. The lowest BCUT2D eigenvalue weighted by Crippen LogP contribution is -2.07. The number of aliphatic carboxylic acids is 1. The van der Waals surface area contributed by atoms with Gasteiger partial charge in [0.25, 0.3) is 0 Å². The Morgan fingerprint density at radius 2 is 2.19 bits per heavy atom. The predicted octanol–water partition coefficient (Wildman–Crippen LogP) is 3.60. The minimum atomic E-state index is -0.913. The number of nitrogens with zero attached hydrogens (tertiary/aromatic N) is 3. The number of aromatic nitrogens is 3. The second-order valence-electron chi connectivity index (χ2n) is 4.58. The minimum absolute atomic E-state index is 0.0510. The molecule has 8 heteroatoms. The van der Waals surface area contributed by atoms with E-state index >= 15 is 0 Å². The largest absolute Gasteiger partial charge is 0.481 e. The van der Waals surface area contributed by atoms with Gasteiger partial charge in [-0.1, -0.05) is 11.8 Å². The summed E-state index contributed by atoms with van der Waals surface area (Å²) in [7, 11) is 0. The van der Waals surface area contributed by atoms with Crippen molar-refractivity contribution in [3.63, 3.8) is 0 Å². The van der Waals surface area contributed by atoms with Crippen LogP contribution < -0.4 is 0 Å². The van der Waals surface area contributed by atoms with Crippen molar-refractivity contribution in [3.05, 3.63) is 28.5 Å². The fourth-order valence-corrected chi connectivity index (χ4v) is 2.97. The van der Waals surface area contributed by atoms with E-state index in [0.717, 1.165) is 11.8 Å². The first-order valence-electron chi connectivity index (χ1n) is 6.15. The van der Waals surface area contributed by atoms with E-state index in [9.17, 15) is 9.18 Å². The van der Waals surface area contributed by atoms with E-state index in [4.69, 9.17) is 5.11 Å². The van der Waals surface area contributed by atoms with Crippen molar-refractivity contribution < 1.29 is 14.3 Å². The van der Waals surface area contributed by atoms with Gasteiger partial charge < -0.3 is 5.11 Å². The number of carbonyl (C=O) groups is 1. The van der Waals surface area contributed by atoms with Crippen LogP contribution in [-0.4, -0.2) is 31.6 Å². The number of hydrogen-bond acceptors (Lipinski definition) is 4. The van der Waals surface area contributed by atoms with Crippen molar-refractivity contribution >= 4 is 33.7 Å². The van der Waals surface area contributed by atoms with Gasteiger partial charge in [0, 0.05) is 11.6 Å². The highest BCUT2D eigenvalue weighted by molar-refractivity contribution is 9.10. The third-order valence-corrected chi connectivity index (χ3v) is 4.22. The molecule has 2 rings (SSSR count). The first-order valence-corrected chi connectivity index (χ1v) is 7.93. The van der Waals surface area contributed by atoms with Gasteiger partial charge in [0.15, 0.2) is 11.0 Å². The molecule has 1 aromatic heterocycles. The van der Waals surface area contributed by atoms with Crippen LogP contribution in [0.2, 0.25) is 0 Å². The monoisotopic (exact) mass is 373 g/mol. The summed E-state index contributed by atoms with van der Waals surface area (Å²) in [6, 6.07) is 4.65. The van der Waals surface area contributed by atoms with Gasteiger partial charge in [0.1, 0.15) is 5.82 Å². The first kappa shape index (κ1) is 16.0. The molecule has 21 heavy (non-hydrogen) atoms. The average Bonchev–Trinajstić information content (AvgIpc) is 2.83. The molecule has 0 bridgehead atoms. The van der Waals surface area contributed by atoms with Gasteiger partial charge in [-0.15, -0.1) is 10.2 Å². The topological polar surface area (TPSA) is 68.0 Å². The summed E-state index contributed by atoms with van der Waals surface area (Å²) >= 11 is 4.26. The zero-order valence-electron chi connectivity index (χ0n) is 11.4. The molecule has 0 aliphatic carbocycles. The highest BCUT2D eigenvalue weighted by Gasteiger charge is 2.18. The number of rotatable bonds is 5. The van der Waals surface area contributed by atoms with Crippen molar-refractivity contribution in [1.29, 1.82) is 0 Å². The van der Waals surface area contributed by atoms with Gasteiger partial charge in [-0.2, -0.15) is 0 Å². The predicted molar refractivity (Wildman–Crippen MR) is 81.9 cm³/mol. The lowest BCUT2D eigenvalue weighted by molar-refractivity contribution is -0.133. The van der Waals surface area contributed by atoms with Gasteiger partial charge in [0.2, 0.25) is 0 Å². The molecular weight excluding hydrogens is 361 g/mol. The van der Waals surface area contributed by atoms with E-state index in [-0.39, 0.29) is 17.6 Å². The van der Waals surface area contributed by atoms with Crippen LogP contribution in [0.5, 0.6) is 0 Å². The molecule has 0 saturated carbocycles. The lowest BCUT2D eigenvalue weighted by Gasteiger charge is -2.13. The van der Waals surface area contributed by atoms with E-state index in [1.165, 1.54) is 6.07 Å². The molecule has 0 saturated heterocycles. The summed E-state index contributed by atoms with van der Waals surface area (Å²) in [6.07, 6.45) is 0. The summed E-state index contributed by atoms with van der Waals surface area (Å²) in [5.74, 6) is -0.768. The molecule has 0 unspecified atom stereocenters. The van der Waals surface area contributed by atoms with Gasteiger partial charge in [0.05, 0.1) is 10.2 Å². The van der Waals surface area contributed by atoms with E-state index < -0.39 is 5.97 Å². The zero-order chi connectivity index (χ0) is 15.6.